The number of cyclic esters (lactones) is 1. The van der Waals surface area contributed by atoms with Crippen LogP contribution in [-0.4, -0.2) is 52.1 Å². The van der Waals surface area contributed by atoms with Gasteiger partial charge in [0, 0.05) is 6.42 Å². The molecule has 120 valence electrons. The third kappa shape index (κ3) is 1.62. The Morgan fingerprint density at radius 2 is 2.04 bits per heavy atom. The molecule has 7 heteroatoms. The minimum atomic E-state index is -0.633. The molecule has 3 saturated heterocycles. The maximum atomic E-state index is 12.9. The topological polar surface area (TPSA) is 92.5 Å². The Balaban J connectivity index is 1.68. The highest BCUT2D eigenvalue weighted by Crippen LogP contribution is 2.64. The van der Waals surface area contributed by atoms with Crippen LogP contribution >= 0.6 is 0 Å². The van der Waals surface area contributed by atoms with Crippen molar-refractivity contribution < 1.29 is 19.1 Å². The molecule has 1 spiro atoms. The fraction of sp³-hybridized carbons (Fsp3) is 0.438. The number of benzene rings is 1. The van der Waals surface area contributed by atoms with E-state index in [4.69, 9.17) is 10.5 Å². The van der Waals surface area contributed by atoms with Crippen molar-refractivity contribution in [1.29, 1.82) is 0 Å². The quantitative estimate of drug-likeness (QED) is 0.840. The van der Waals surface area contributed by atoms with Gasteiger partial charge in [-0.1, -0.05) is 19.1 Å². The average Bonchev–Trinajstić information content (AvgIpc) is 3.42. The molecule has 0 bridgehead atoms. The summed E-state index contributed by atoms with van der Waals surface area (Å²) in [4.78, 5) is 39.8. The highest BCUT2D eigenvalue weighted by molar-refractivity contribution is 6.08. The fourth-order valence-electron chi connectivity index (χ4n) is 4.11. The smallest absolute Gasteiger partial charge is 0.412 e. The second kappa shape index (κ2) is 4.47. The summed E-state index contributed by atoms with van der Waals surface area (Å²) in [5, 5.41) is 0. The number of fused-ring (bicyclic) bond motifs is 3. The molecule has 0 saturated carbocycles. The first-order chi connectivity index (χ1) is 11.0. The summed E-state index contributed by atoms with van der Waals surface area (Å²) in [5.41, 5.74) is 5.31. The zero-order chi connectivity index (χ0) is 16.4. The maximum Gasteiger partial charge on any atom is 0.412 e. The van der Waals surface area contributed by atoms with Crippen molar-refractivity contribution in [3.8, 4) is 0 Å². The molecule has 7 nitrogen and oxygen atoms in total. The first kappa shape index (κ1) is 14.0. The molecule has 0 aliphatic carbocycles. The van der Waals surface area contributed by atoms with Crippen LogP contribution in [0, 0.1) is 0 Å². The zero-order valence-electron chi connectivity index (χ0n) is 12.7. The summed E-state index contributed by atoms with van der Waals surface area (Å²) in [6.07, 6.45) is 1.10. The number of carbonyl (C=O) groups excluding carboxylic acids is 3. The van der Waals surface area contributed by atoms with Crippen LogP contribution in [0.2, 0.25) is 0 Å². The van der Waals surface area contributed by atoms with Gasteiger partial charge in [-0.25, -0.2) is 4.79 Å². The summed E-state index contributed by atoms with van der Waals surface area (Å²) in [7, 11) is 0. The molecule has 0 radical (unpaired) electrons. The second-order valence-corrected chi connectivity index (χ2v) is 6.08. The van der Waals surface area contributed by atoms with E-state index >= 15 is 0 Å². The van der Waals surface area contributed by atoms with E-state index in [2.05, 4.69) is 0 Å². The number of nitrogens with two attached hydrogens (primary N) is 1. The maximum absolute atomic E-state index is 12.9. The molecule has 1 unspecified atom stereocenters. The van der Waals surface area contributed by atoms with E-state index in [1.165, 1.54) is 0 Å². The van der Waals surface area contributed by atoms with Gasteiger partial charge in [-0.3, -0.25) is 14.5 Å². The normalized spacial score (nSPS) is 30.7. The van der Waals surface area contributed by atoms with E-state index in [0.29, 0.717) is 6.61 Å². The van der Waals surface area contributed by atoms with Crippen LogP contribution in [0.1, 0.15) is 40.5 Å². The summed E-state index contributed by atoms with van der Waals surface area (Å²) < 4.78 is 5.07. The zero-order valence-corrected chi connectivity index (χ0v) is 12.7. The number of primary amides is 1. The average molecular weight is 315 g/mol. The van der Waals surface area contributed by atoms with Gasteiger partial charge in [-0.05, 0) is 18.6 Å². The third-order valence-electron chi connectivity index (χ3n) is 5.08. The predicted molar refractivity (Wildman–Crippen MR) is 79.5 cm³/mol. The van der Waals surface area contributed by atoms with Crippen molar-refractivity contribution in [2.24, 2.45) is 5.73 Å². The third-order valence-corrected chi connectivity index (χ3v) is 5.08. The molecule has 2 N–H and O–H groups in total. The Morgan fingerprint density at radius 3 is 2.65 bits per heavy atom. The van der Waals surface area contributed by atoms with Crippen LogP contribution in [0.5, 0.6) is 0 Å². The number of rotatable bonds is 3. The van der Waals surface area contributed by atoms with Gasteiger partial charge in [0.05, 0.1) is 29.8 Å². The standard InChI is InChI=1S/C16H17N3O4/c1-2-11-16(12-7-8-23-15(22)19(12)16)18(11)14(21)10-6-4-3-5-9(10)13(17)20/h3-6,11-12H,2,7-8H2,1H3,(H2,17,20)/t11-,12?,16+,18?,19?/m0/s1. The number of hydrogen-bond donors (Lipinski definition) is 1. The van der Waals surface area contributed by atoms with Gasteiger partial charge >= 0.3 is 6.09 Å². The van der Waals surface area contributed by atoms with Crippen LogP contribution in [0.15, 0.2) is 24.3 Å². The Morgan fingerprint density at radius 1 is 1.35 bits per heavy atom. The molecule has 3 amide bonds. The number of hydrogen-bond acceptors (Lipinski definition) is 4. The Kier molecular flexibility index (Phi) is 2.73. The summed E-state index contributed by atoms with van der Waals surface area (Å²) in [6.45, 7) is 2.37. The Bertz CT molecular complexity index is 734. The minimum Gasteiger partial charge on any atom is -0.449 e. The largest absolute Gasteiger partial charge is 0.449 e. The Labute approximate surface area is 133 Å². The molecular formula is C16H17N3O4. The van der Waals surface area contributed by atoms with Crippen molar-refractivity contribution in [2.75, 3.05) is 6.61 Å². The first-order valence-electron chi connectivity index (χ1n) is 7.73. The van der Waals surface area contributed by atoms with E-state index in [1.807, 2.05) is 6.92 Å². The van der Waals surface area contributed by atoms with E-state index in [1.54, 1.807) is 34.1 Å². The highest BCUT2D eigenvalue weighted by Gasteiger charge is 2.86. The van der Waals surface area contributed by atoms with Crippen LogP contribution in [0.4, 0.5) is 4.79 Å². The van der Waals surface area contributed by atoms with E-state index in [9.17, 15) is 14.4 Å². The minimum absolute atomic E-state index is 0.0263. The molecular weight excluding hydrogens is 298 g/mol. The van der Waals surface area contributed by atoms with Gasteiger partial charge in [0.15, 0.2) is 5.66 Å². The van der Waals surface area contributed by atoms with Crippen LogP contribution in [0.3, 0.4) is 0 Å². The van der Waals surface area contributed by atoms with Gasteiger partial charge in [0.2, 0.25) is 5.91 Å². The number of carbonyl (C=O) groups is 3. The predicted octanol–water partition coefficient (Wildman–Crippen LogP) is 0.941. The molecule has 1 aromatic rings. The van der Waals surface area contributed by atoms with Crippen molar-refractivity contribution >= 4 is 17.9 Å². The molecule has 3 fully saturated rings. The molecule has 3 atom stereocenters. The van der Waals surface area contributed by atoms with Gasteiger partial charge in [-0.2, -0.15) is 0 Å². The number of amides is 3. The highest BCUT2D eigenvalue weighted by atomic mass is 16.6. The molecule has 3 heterocycles. The van der Waals surface area contributed by atoms with Crippen molar-refractivity contribution in [3.05, 3.63) is 35.4 Å². The Hall–Kier alpha value is -2.57. The lowest BCUT2D eigenvalue weighted by molar-refractivity contribution is 0.0841. The molecule has 23 heavy (non-hydrogen) atoms. The molecule has 3 aliphatic heterocycles. The molecule has 1 aromatic carbocycles. The first-order valence-corrected chi connectivity index (χ1v) is 7.73. The second-order valence-electron chi connectivity index (χ2n) is 6.08. The molecule has 0 aromatic heterocycles. The van der Waals surface area contributed by atoms with Crippen LogP contribution in [0.25, 0.3) is 0 Å². The van der Waals surface area contributed by atoms with Gasteiger partial charge in [0.1, 0.15) is 0 Å². The number of nitrogens with zero attached hydrogens (tertiary/aromatic N) is 2. The lowest BCUT2D eigenvalue weighted by atomic mass is 10.1. The summed E-state index contributed by atoms with van der Waals surface area (Å²) in [5.74, 6) is -0.890. The van der Waals surface area contributed by atoms with E-state index in [-0.39, 0.29) is 35.2 Å². The van der Waals surface area contributed by atoms with Crippen molar-refractivity contribution in [2.45, 2.75) is 37.5 Å². The summed E-state index contributed by atoms with van der Waals surface area (Å²) >= 11 is 0. The lowest BCUT2D eigenvalue weighted by Gasteiger charge is -2.10. The van der Waals surface area contributed by atoms with Gasteiger partial charge in [0.25, 0.3) is 5.91 Å². The van der Waals surface area contributed by atoms with Gasteiger partial charge in [-0.15, -0.1) is 0 Å². The summed E-state index contributed by atoms with van der Waals surface area (Å²) in [6, 6.07) is 6.50. The monoisotopic (exact) mass is 315 g/mol. The van der Waals surface area contributed by atoms with Crippen molar-refractivity contribution in [3.63, 3.8) is 0 Å². The van der Waals surface area contributed by atoms with Gasteiger partial charge < -0.3 is 15.4 Å². The molecule has 3 aliphatic rings. The molecule has 4 rings (SSSR count). The van der Waals surface area contributed by atoms with E-state index < -0.39 is 11.6 Å². The fourth-order valence-corrected chi connectivity index (χ4v) is 4.11. The van der Waals surface area contributed by atoms with Crippen molar-refractivity contribution in [1.82, 2.24) is 9.80 Å². The van der Waals surface area contributed by atoms with Crippen LogP contribution < -0.4 is 5.73 Å². The lowest BCUT2D eigenvalue weighted by Crippen LogP contribution is -2.24. The van der Waals surface area contributed by atoms with E-state index in [0.717, 1.165) is 12.8 Å². The number of ether oxygens (including phenoxy) is 1. The van der Waals surface area contributed by atoms with Crippen LogP contribution in [-0.2, 0) is 4.74 Å². The SMILES string of the molecule is CC[C@@H]1N(C(=O)c2ccccc2C(N)=O)[C@]12C1CCOC(=O)N12.